The Balaban J connectivity index is 1.86. The maximum Gasteiger partial charge on any atom is 0.243 e. The van der Waals surface area contributed by atoms with Crippen LogP contribution in [0.25, 0.3) is 0 Å². The van der Waals surface area contributed by atoms with Gasteiger partial charge in [-0.3, -0.25) is 4.79 Å². The monoisotopic (exact) mass is 352 g/mol. The van der Waals surface area contributed by atoms with Crippen molar-refractivity contribution in [3.05, 3.63) is 18.2 Å². The molecule has 1 N–H and O–H groups in total. The second-order valence-corrected chi connectivity index (χ2v) is 8.57. The van der Waals surface area contributed by atoms with Crippen LogP contribution in [-0.2, 0) is 14.8 Å². The summed E-state index contributed by atoms with van der Waals surface area (Å²) >= 11 is 0. The van der Waals surface area contributed by atoms with Crippen LogP contribution in [0.3, 0.4) is 0 Å². The van der Waals surface area contributed by atoms with Gasteiger partial charge in [0, 0.05) is 19.0 Å². The number of amides is 1. The van der Waals surface area contributed by atoms with E-state index >= 15 is 0 Å². The molecule has 0 radical (unpaired) electrons. The van der Waals surface area contributed by atoms with Crippen LogP contribution in [-0.4, -0.2) is 38.8 Å². The van der Waals surface area contributed by atoms with E-state index in [2.05, 4.69) is 5.32 Å². The third-order valence-corrected chi connectivity index (χ3v) is 6.72. The van der Waals surface area contributed by atoms with Crippen molar-refractivity contribution in [1.29, 1.82) is 0 Å². The average Bonchev–Trinajstić information content (AvgIpc) is 3.32. The van der Waals surface area contributed by atoms with Crippen molar-refractivity contribution in [3.63, 3.8) is 0 Å². The number of sulfonamides is 1. The molecule has 1 amide bonds. The molecular formula is C17H24N2O4S. The molecule has 1 aliphatic heterocycles. The molecule has 7 heteroatoms. The number of benzene rings is 1. The third-order valence-electron chi connectivity index (χ3n) is 4.83. The van der Waals surface area contributed by atoms with E-state index in [1.165, 1.54) is 23.5 Å². The molecule has 1 heterocycles. The first kappa shape index (κ1) is 17.2. The van der Waals surface area contributed by atoms with Crippen molar-refractivity contribution >= 4 is 21.6 Å². The summed E-state index contributed by atoms with van der Waals surface area (Å²) in [5.74, 6) is 0.788. The SMILES string of the molecule is COc1ccc(S(=O)(=O)N2CCCCC2)cc1NC(=O)[C@H]1C[C@H]1C. The molecule has 0 unspecified atom stereocenters. The normalized spacial score (nSPS) is 24.4. The largest absolute Gasteiger partial charge is 0.495 e. The quantitative estimate of drug-likeness (QED) is 0.883. The molecule has 1 saturated carbocycles. The summed E-state index contributed by atoms with van der Waals surface area (Å²) in [7, 11) is -2.03. The minimum atomic E-state index is -3.53. The molecule has 0 bridgehead atoms. The third kappa shape index (κ3) is 3.42. The highest BCUT2D eigenvalue weighted by molar-refractivity contribution is 7.89. The number of carbonyl (C=O) groups is 1. The number of anilines is 1. The number of piperidine rings is 1. The molecule has 24 heavy (non-hydrogen) atoms. The van der Waals surface area contributed by atoms with Crippen LogP contribution >= 0.6 is 0 Å². The number of hydrogen-bond acceptors (Lipinski definition) is 4. The fourth-order valence-electron chi connectivity index (χ4n) is 3.11. The Bertz CT molecular complexity index is 726. The fraction of sp³-hybridized carbons (Fsp3) is 0.588. The molecule has 3 rings (SSSR count). The maximum absolute atomic E-state index is 12.8. The number of nitrogens with one attached hydrogen (secondary N) is 1. The molecule has 1 aromatic rings. The van der Waals surface area contributed by atoms with Crippen LogP contribution in [0.1, 0.15) is 32.6 Å². The zero-order chi connectivity index (χ0) is 17.3. The van der Waals surface area contributed by atoms with E-state index in [1.807, 2.05) is 6.92 Å². The van der Waals surface area contributed by atoms with Gasteiger partial charge >= 0.3 is 0 Å². The summed E-state index contributed by atoms with van der Waals surface area (Å²) < 4.78 is 32.4. The Labute approximate surface area is 143 Å². The summed E-state index contributed by atoms with van der Waals surface area (Å²) in [4.78, 5) is 12.4. The van der Waals surface area contributed by atoms with Gasteiger partial charge in [-0.25, -0.2) is 8.42 Å². The first-order valence-electron chi connectivity index (χ1n) is 8.42. The Morgan fingerprint density at radius 3 is 2.50 bits per heavy atom. The standard InChI is InChI=1S/C17H24N2O4S/c1-12-10-14(12)17(20)18-15-11-13(6-7-16(15)23-2)24(21,22)19-8-4-3-5-9-19/h6-7,11-12,14H,3-5,8-10H2,1-2H3,(H,18,20)/t12-,14+/m1/s1. The van der Waals surface area contributed by atoms with Crippen molar-refractivity contribution in [1.82, 2.24) is 4.31 Å². The van der Waals surface area contributed by atoms with E-state index in [-0.39, 0.29) is 16.7 Å². The predicted octanol–water partition coefficient (Wildman–Crippen LogP) is 2.46. The van der Waals surface area contributed by atoms with Crippen molar-refractivity contribution < 1.29 is 17.9 Å². The molecule has 1 aliphatic carbocycles. The molecule has 0 spiro atoms. The van der Waals surface area contributed by atoms with E-state index in [4.69, 9.17) is 4.74 Å². The summed E-state index contributed by atoms with van der Waals surface area (Å²) in [5, 5.41) is 2.82. The summed E-state index contributed by atoms with van der Waals surface area (Å²) in [6.45, 7) is 3.13. The summed E-state index contributed by atoms with van der Waals surface area (Å²) in [6.07, 6.45) is 3.71. The van der Waals surface area contributed by atoms with Gasteiger partial charge in [0.1, 0.15) is 5.75 Å². The highest BCUT2D eigenvalue weighted by Crippen LogP contribution is 2.39. The number of carbonyl (C=O) groups excluding carboxylic acids is 1. The Hall–Kier alpha value is -1.60. The predicted molar refractivity (Wildman–Crippen MR) is 91.5 cm³/mol. The molecule has 2 atom stereocenters. The van der Waals surface area contributed by atoms with E-state index in [0.717, 1.165) is 25.7 Å². The van der Waals surface area contributed by atoms with Crippen LogP contribution < -0.4 is 10.1 Å². The minimum Gasteiger partial charge on any atom is -0.495 e. The van der Waals surface area contributed by atoms with Crippen LogP contribution in [0.5, 0.6) is 5.75 Å². The smallest absolute Gasteiger partial charge is 0.243 e. The Morgan fingerprint density at radius 1 is 1.25 bits per heavy atom. The highest BCUT2D eigenvalue weighted by atomic mass is 32.2. The lowest BCUT2D eigenvalue weighted by Gasteiger charge is -2.26. The van der Waals surface area contributed by atoms with Gasteiger partial charge in [-0.15, -0.1) is 0 Å². The van der Waals surface area contributed by atoms with Gasteiger partial charge < -0.3 is 10.1 Å². The van der Waals surface area contributed by atoms with E-state index in [0.29, 0.717) is 30.4 Å². The number of rotatable bonds is 5. The molecule has 1 aromatic carbocycles. The van der Waals surface area contributed by atoms with E-state index in [9.17, 15) is 13.2 Å². The van der Waals surface area contributed by atoms with Crippen molar-refractivity contribution in [2.75, 3.05) is 25.5 Å². The molecule has 2 fully saturated rings. The lowest BCUT2D eigenvalue weighted by molar-refractivity contribution is -0.117. The number of hydrogen-bond donors (Lipinski definition) is 1. The minimum absolute atomic E-state index is 0.0112. The van der Waals surface area contributed by atoms with Gasteiger partial charge in [0.15, 0.2) is 0 Å². The van der Waals surface area contributed by atoms with Crippen molar-refractivity contribution in [3.8, 4) is 5.75 Å². The van der Waals surface area contributed by atoms with Crippen LogP contribution in [0.2, 0.25) is 0 Å². The molecule has 1 saturated heterocycles. The number of ether oxygens (including phenoxy) is 1. The zero-order valence-electron chi connectivity index (χ0n) is 14.1. The first-order chi connectivity index (χ1) is 11.4. The van der Waals surface area contributed by atoms with Crippen LogP contribution in [0, 0.1) is 11.8 Å². The highest BCUT2D eigenvalue weighted by Gasteiger charge is 2.39. The average molecular weight is 352 g/mol. The molecule has 6 nitrogen and oxygen atoms in total. The molecular weight excluding hydrogens is 328 g/mol. The summed E-state index contributed by atoms with van der Waals surface area (Å²) in [6, 6.07) is 4.65. The van der Waals surface area contributed by atoms with Gasteiger partial charge in [-0.1, -0.05) is 13.3 Å². The number of methoxy groups -OCH3 is 1. The second-order valence-electron chi connectivity index (χ2n) is 6.64. The lowest BCUT2D eigenvalue weighted by Crippen LogP contribution is -2.35. The van der Waals surface area contributed by atoms with Crippen molar-refractivity contribution in [2.45, 2.75) is 37.5 Å². The van der Waals surface area contributed by atoms with Gasteiger partial charge in [-0.2, -0.15) is 4.31 Å². The fourth-order valence-corrected chi connectivity index (χ4v) is 4.66. The van der Waals surface area contributed by atoms with Gasteiger partial charge in [0.05, 0.1) is 17.7 Å². The van der Waals surface area contributed by atoms with Crippen molar-refractivity contribution in [2.24, 2.45) is 11.8 Å². The van der Waals surface area contributed by atoms with Gasteiger partial charge in [0.25, 0.3) is 0 Å². The Kier molecular flexibility index (Phi) is 4.83. The Morgan fingerprint density at radius 2 is 1.92 bits per heavy atom. The molecule has 132 valence electrons. The lowest BCUT2D eigenvalue weighted by atomic mass is 10.2. The number of nitrogens with zero attached hydrogens (tertiary/aromatic N) is 1. The van der Waals surface area contributed by atoms with Crippen LogP contribution in [0.15, 0.2) is 23.1 Å². The topological polar surface area (TPSA) is 75.7 Å². The summed E-state index contributed by atoms with van der Waals surface area (Å²) in [5.41, 5.74) is 0.416. The van der Waals surface area contributed by atoms with Crippen LogP contribution in [0.4, 0.5) is 5.69 Å². The van der Waals surface area contributed by atoms with E-state index < -0.39 is 10.0 Å². The van der Waals surface area contributed by atoms with Gasteiger partial charge in [-0.05, 0) is 43.4 Å². The first-order valence-corrected chi connectivity index (χ1v) is 9.86. The second kappa shape index (κ2) is 6.72. The molecule has 0 aromatic heterocycles. The maximum atomic E-state index is 12.8. The molecule has 2 aliphatic rings. The van der Waals surface area contributed by atoms with E-state index in [1.54, 1.807) is 6.07 Å². The van der Waals surface area contributed by atoms with Gasteiger partial charge in [0.2, 0.25) is 15.9 Å². The zero-order valence-corrected chi connectivity index (χ0v) is 14.9.